The molecule has 1 saturated heterocycles. The fraction of sp³-hybridized carbons (Fsp3) is 0.333. The van der Waals surface area contributed by atoms with Crippen molar-refractivity contribution in [3.8, 4) is 0 Å². The predicted octanol–water partition coefficient (Wildman–Crippen LogP) is 2.39. The third-order valence-corrected chi connectivity index (χ3v) is 4.06. The van der Waals surface area contributed by atoms with E-state index in [-0.39, 0.29) is 18.2 Å². The molecule has 0 unspecified atom stereocenters. The van der Waals surface area contributed by atoms with E-state index in [1.54, 1.807) is 4.90 Å². The zero-order valence-electron chi connectivity index (χ0n) is 14.0. The van der Waals surface area contributed by atoms with Gasteiger partial charge in [-0.25, -0.2) is 9.97 Å². The molecule has 24 heavy (non-hydrogen) atoms. The molecular formula is C18H20N4O2. The van der Waals surface area contributed by atoms with Crippen LogP contribution in [0.5, 0.6) is 0 Å². The fourth-order valence-electron chi connectivity index (χ4n) is 2.85. The summed E-state index contributed by atoms with van der Waals surface area (Å²) >= 11 is 0. The molecule has 0 spiro atoms. The van der Waals surface area contributed by atoms with Crippen LogP contribution in [-0.4, -0.2) is 28.3 Å². The van der Waals surface area contributed by atoms with Gasteiger partial charge in [-0.3, -0.25) is 14.9 Å². The molecule has 1 aromatic carbocycles. The zero-order valence-corrected chi connectivity index (χ0v) is 14.0. The summed E-state index contributed by atoms with van der Waals surface area (Å²) in [6.07, 6.45) is 0.199. The first-order valence-corrected chi connectivity index (χ1v) is 7.92. The van der Waals surface area contributed by atoms with Crippen LogP contribution in [0.1, 0.15) is 23.4 Å². The average molecular weight is 324 g/mol. The number of aromatic nitrogens is 2. The second kappa shape index (κ2) is 6.39. The number of amides is 2. The second-order valence-corrected chi connectivity index (χ2v) is 6.20. The molecular weight excluding hydrogens is 304 g/mol. The van der Waals surface area contributed by atoms with E-state index < -0.39 is 5.92 Å². The molecule has 1 N–H and O–H groups in total. The average Bonchev–Trinajstić information content (AvgIpc) is 2.89. The molecule has 6 heteroatoms. The first-order chi connectivity index (χ1) is 11.4. The Morgan fingerprint density at radius 1 is 1.12 bits per heavy atom. The number of hydrogen-bond donors (Lipinski definition) is 1. The van der Waals surface area contributed by atoms with E-state index in [1.165, 1.54) is 0 Å². The maximum absolute atomic E-state index is 12.4. The van der Waals surface area contributed by atoms with Crippen LogP contribution in [0, 0.1) is 26.7 Å². The Hall–Kier alpha value is -2.76. The smallest absolute Gasteiger partial charge is 0.232 e. The molecule has 124 valence electrons. The van der Waals surface area contributed by atoms with E-state index >= 15 is 0 Å². The highest BCUT2D eigenvalue weighted by Crippen LogP contribution is 2.26. The lowest BCUT2D eigenvalue weighted by atomic mass is 10.1. The molecule has 2 heterocycles. The molecule has 3 rings (SSSR count). The largest absolute Gasteiger partial charge is 0.312 e. The standard InChI is InChI=1S/C18H20N4O2/c1-11-4-6-15(7-5-11)22-10-14(9-16(22)23)17(24)21-18-19-12(2)8-13(3)20-18/h4-8,14H,9-10H2,1-3H3,(H,19,20,21,24)/t14-/m1/s1. The first kappa shape index (κ1) is 16.1. The van der Waals surface area contributed by atoms with Gasteiger partial charge in [-0.15, -0.1) is 0 Å². The van der Waals surface area contributed by atoms with Crippen molar-refractivity contribution in [3.05, 3.63) is 47.3 Å². The van der Waals surface area contributed by atoms with Crippen molar-refractivity contribution in [2.45, 2.75) is 27.2 Å². The van der Waals surface area contributed by atoms with Crippen molar-refractivity contribution in [1.82, 2.24) is 9.97 Å². The Kier molecular flexibility index (Phi) is 4.29. The lowest BCUT2D eigenvalue weighted by Gasteiger charge is -2.16. The molecule has 0 saturated carbocycles. The molecule has 0 aliphatic carbocycles. The highest BCUT2D eigenvalue weighted by atomic mass is 16.2. The molecule has 1 aliphatic heterocycles. The Morgan fingerprint density at radius 2 is 1.75 bits per heavy atom. The quantitative estimate of drug-likeness (QED) is 0.940. The first-order valence-electron chi connectivity index (χ1n) is 7.92. The normalized spacial score (nSPS) is 17.2. The number of anilines is 2. The van der Waals surface area contributed by atoms with Gasteiger partial charge in [-0.05, 0) is 39.0 Å². The fourth-order valence-corrected chi connectivity index (χ4v) is 2.85. The number of hydrogen-bond acceptors (Lipinski definition) is 4. The summed E-state index contributed by atoms with van der Waals surface area (Å²) in [6.45, 7) is 6.07. The van der Waals surface area contributed by atoms with Crippen molar-refractivity contribution < 1.29 is 9.59 Å². The summed E-state index contributed by atoms with van der Waals surface area (Å²) in [6, 6.07) is 9.56. The van der Waals surface area contributed by atoms with E-state index in [4.69, 9.17) is 0 Å². The molecule has 6 nitrogen and oxygen atoms in total. The van der Waals surface area contributed by atoms with E-state index in [9.17, 15) is 9.59 Å². The van der Waals surface area contributed by atoms with Gasteiger partial charge in [0.15, 0.2) is 0 Å². The monoisotopic (exact) mass is 324 g/mol. The Bertz CT molecular complexity index is 766. The van der Waals surface area contributed by atoms with E-state index in [1.807, 2.05) is 51.1 Å². The summed E-state index contributed by atoms with van der Waals surface area (Å²) in [5.41, 5.74) is 3.54. The summed E-state index contributed by atoms with van der Waals surface area (Å²) in [5.74, 6) is -0.370. The molecule has 1 fully saturated rings. The molecule has 2 amide bonds. The minimum absolute atomic E-state index is 0.0413. The molecule has 1 atom stereocenters. The lowest BCUT2D eigenvalue weighted by Crippen LogP contribution is -2.28. The summed E-state index contributed by atoms with van der Waals surface area (Å²) in [5, 5.41) is 2.73. The van der Waals surface area contributed by atoms with Gasteiger partial charge in [0.2, 0.25) is 17.8 Å². The highest BCUT2D eigenvalue weighted by Gasteiger charge is 2.35. The van der Waals surface area contributed by atoms with Crippen molar-refractivity contribution in [1.29, 1.82) is 0 Å². The number of nitrogens with zero attached hydrogens (tertiary/aromatic N) is 3. The van der Waals surface area contributed by atoms with Gasteiger partial charge in [0.25, 0.3) is 0 Å². The number of nitrogens with one attached hydrogen (secondary N) is 1. The Balaban J connectivity index is 1.70. The third kappa shape index (κ3) is 3.42. The predicted molar refractivity (Wildman–Crippen MR) is 91.8 cm³/mol. The Morgan fingerprint density at radius 3 is 2.38 bits per heavy atom. The van der Waals surface area contributed by atoms with Gasteiger partial charge in [0, 0.05) is 30.0 Å². The van der Waals surface area contributed by atoms with Crippen LogP contribution < -0.4 is 10.2 Å². The van der Waals surface area contributed by atoms with Crippen LogP contribution in [0.25, 0.3) is 0 Å². The van der Waals surface area contributed by atoms with Gasteiger partial charge in [-0.1, -0.05) is 17.7 Å². The third-order valence-electron chi connectivity index (χ3n) is 4.06. The van der Waals surface area contributed by atoms with E-state index in [2.05, 4.69) is 15.3 Å². The van der Waals surface area contributed by atoms with Gasteiger partial charge < -0.3 is 4.90 Å². The second-order valence-electron chi connectivity index (χ2n) is 6.20. The zero-order chi connectivity index (χ0) is 17.3. The topological polar surface area (TPSA) is 75.2 Å². The van der Waals surface area contributed by atoms with E-state index in [0.29, 0.717) is 12.5 Å². The molecule has 1 aliphatic rings. The number of rotatable bonds is 3. The van der Waals surface area contributed by atoms with Crippen LogP contribution in [0.2, 0.25) is 0 Å². The van der Waals surface area contributed by atoms with Crippen LogP contribution in [0.3, 0.4) is 0 Å². The van der Waals surface area contributed by atoms with Crippen LogP contribution in [0.15, 0.2) is 30.3 Å². The van der Waals surface area contributed by atoms with Gasteiger partial charge >= 0.3 is 0 Å². The molecule has 1 aromatic heterocycles. The molecule has 2 aromatic rings. The molecule has 0 radical (unpaired) electrons. The van der Waals surface area contributed by atoms with Gasteiger partial charge in [0.05, 0.1) is 5.92 Å². The van der Waals surface area contributed by atoms with Crippen LogP contribution >= 0.6 is 0 Å². The van der Waals surface area contributed by atoms with E-state index in [0.717, 1.165) is 22.6 Å². The molecule has 0 bridgehead atoms. The van der Waals surface area contributed by atoms with Gasteiger partial charge in [-0.2, -0.15) is 0 Å². The summed E-state index contributed by atoms with van der Waals surface area (Å²) in [7, 11) is 0. The minimum atomic E-state index is -0.400. The highest BCUT2D eigenvalue weighted by molar-refractivity contribution is 6.03. The van der Waals surface area contributed by atoms with Crippen molar-refractivity contribution in [2.24, 2.45) is 5.92 Å². The van der Waals surface area contributed by atoms with Crippen LogP contribution in [0.4, 0.5) is 11.6 Å². The minimum Gasteiger partial charge on any atom is -0.312 e. The number of carbonyl (C=O) groups is 2. The summed E-state index contributed by atoms with van der Waals surface area (Å²) in [4.78, 5) is 34.8. The SMILES string of the molecule is Cc1ccc(N2C[C@H](C(=O)Nc3nc(C)cc(C)n3)CC2=O)cc1. The van der Waals surface area contributed by atoms with Gasteiger partial charge in [0.1, 0.15) is 0 Å². The summed E-state index contributed by atoms with van der Waals surface area (Å²) < 4.78 is 0. The Labute approximate surface area is 140 Å². The maximum Gasteiger partial charge on any atom is 0.232 e. The number of benzene rings is 1. The van der Waals surface area contributed by atoms with Crippen molar-refractivity contribution in [3.63, 3.8) is 0 Å². The van der Waals surface area contributed by atoms with Crippen molar-refractivity contribution in [2.75, 3.05) is 16.8 Å². The lowest BCUT2D eigenvalue weighted by molar-refractivity contribution is -0.122. The maximum atomic E-state index is 12.4. The number of aryl methyl sites for hydroxylation is 3. The number of carbonyl (C=O) groups excluding carboxylic acids is 2. The van der Waals surface area contributed by atoms with Crippen LogP contribution in [-0.2, 0) is 9.59 Å². The van der Waals surface area contributed by atoms with Crippen molar-refractivity contribution >= 4 is 23.5 Å².